The monoisotopic (exact) mass is 463 g/mol. The molecule has 1 aliphatic rings. The summed E-state index contributed by atoms with van der Waals surface area (Å²) in [6, 6.07) is 11.1. The van der Waals surface area contributed by atoms with Gasteiger partial charge in [-0.2, -0.15) is 0 Å². The van der Waals surface area contributed by atoms with E-state index in [-0.39, 0.29) is 17.6 Å². The van der Waals surface area contributed by atoms with Gasteiger partial charge in [0.1, 0.15) is 5.82 Å². The SMILES string of the molecule is O=C(c1cc(Br)ccc1Cl)N1CCCC(c2nnc(-c3ccc(F)cc3)o2)C1. The highest BCUT2D eigenvalue weighted by molar-refractivity contribution is 9.10. The van der Waals surface area contributed by atoms with Gasteiger partial charge in [0.15, 0.2) is 0 Å². The van der Waals surface area contributed by atoms with Crippen LogP contribution in [0.5, 0.6) is 0 Å². The van der Waals surface area contributed by atoms with Crippen LogP contribution < -0.4 is 0 Å². The topological polar surface area (TPSA) is 59.2 Å². The average Bonchev–Trinajstić information content (AvgIpc) is 3.20. The lowest BCUT2D eigenvalue weighted by molar-refractivity contribution is 0.0698. The Morgan fingerprint density at radius 3 is 2.79 bits per heavy atom. The molecule has 0 bridgehead atoms. The average molecular weight is 465 g/mol. The van der Waals surface area contributed by atoms with Crippen LogP contribution in [0.4, 0.5) is 4.39 Å². The molecular weight excluding hydrogens is 449 g/mol. The van der Waals surface area contributed by atoms with Gasteiger partial charge in [-0.3, -0.25) is 4.79 Å². The van der Waals surface area contributed by atoms with Gasteiger partial charge < -0.3 is 9.32 Å². The van der Waals surface area contributed by atoms with E-state index >= 15 is 0 Å². The van der Waals surface area contributed by atoms with Crippen LogP contribution in [-0.2, 0) is 0 Å². The van der Waals surface area contributed by atoms with E-state index in [2.05, 4.69) is 26.1 Å². The van der Waals surface area contributed by atoms with E-state index in [1.54, 1.807) is 35.2 Å². The van der Waals surface area contributed by atoms with Gasteiger partial charge in [-0.1, -0.05) is 27.5 Å². The minimum absolute atomic E-state index is 0.0506. The molecular formula is C20H16BrClFN3O2. The molecule has 2 aromatic carbocycles. The summed E-state index contributed by atoms with van der Waals surface area (Å²) < 4.78 is 19.7. The van der Waals surface area contributed by atoms with Crippen LogP contribution in [0.2, 0.25) is 5.02 Å². The third-order valence-corrected chi connectivity index (χ3v) is 5.57. The molecule has 0 spiro atoms. The van der Waals surface area contributed by atoms with Crippen LogP contribution in [0.1, 0.15) is 35.0 Å². The Hall–Kier alpha value is -2.25. The number of likely N-dealkylation sites (tertiary alicyclic amines) is 1. The number of nitrogens with zero attached hydrogens (tertiary/aromatic N) is 3. The summed E-state index contributed by atoms with van der Waals surface area (Å²) in [6.07, 6.45) is 1.68. The zero-order valence-electron chi connectivity index (χ0n) is 14.7. The first kappa shape index (κ1) is 19.1. The highest BCUT2D eigenvalue weighted by atomic mass is 79.9. The molecule has 8 heteroatoms. The van der Waals surface area contributed by atoms with Crippen molar-refractivity contribution in [2.45, 2.75) is 18.8 Å². The van der Waals surface area contributed by atoms with Gasteiger partial charge in [0.2, 0.25) is 11.8 Å². The quantitative estimate of drug-likeness (QED) is 0.527. The van der Waals surface area contributed by atoms with E-state index in [0.29, 0.717) is 41.0 Å². The molecule has 1 aromatic heterocycles. The Kier molecular flexibility index (Phi) is 5.46. The van der Waals surface area contributed by atoms with Crippen molar-refractivity contribution >= 4 is 33.4 Å². The number of hydrogen-bond acceptors (Lipinski definition) is 4. The summed E-state index contributed by atoms with van der Waals surface area (Å²) in [5.41, 5.74) is 1.12. The number of rotatable bonds is 3. The molecule has 0 N–H and O–H groups in total. The minimum atomic E-state index is -0.323. The maximum atomic E-state index is 13.1. The molecule has 0 saturated carbocycles. The van der Waals surface area contributed by atoms with Gasteiger partial charge >= 0.3 is 0 Å². The molecule has 3 aromatic rings. The van der Waals surface area contributed by atoms with E-state index in [0.717, 1.165) is 17.3 Å². The van der Waals surface area contributed by atoms with Crippen LogP contribution in [0.3, 0.4) is 0 Å². The number of benzene rings is 2. The van der Waals surface area contributed by atoms with E-state index < -0.39 is 0 Å². The van der Waals surface area contributed by atoms with E-state index in [9.17, 15) is 9.18 Å². The second-order valence-electron chi connectivity index (χ2n) is 6.67. The number of halogens is 3. The largest absolute Gasteiger partial charge is 0.420 e. The number of aromatic nitrogens is 2. The van der Waals surface area contributed by atoms with Crippen molar-refractivity contribution in [1.29, 1.82) is 0 Å². The number of amides is 1. The molecule has 2 heterocycles. The molecule has 5 nitrogen and oxygen atoms in total. The summed E-state index contributed by atoms with van der Waals surface area (Å²) in [6.45, 7) is 1.13. The maximum absolute atomic E-state index is 13.1. The predicted octanol–water partition coefficient (Wildman–Crippen LogP) is 5.31. The second-order valence-corrected chi connectivity index (χ2v) is 7.99. The lowest BCUT2D eigenvalue weighted by Gasteiger charge is -2.31. The molecule has 1 amide bonds. The highest BCUT2D eigenvalue weighted by Gasteiger charge is 2.30. The molecule has 28 heavy (non-hydrogen) atoms. The van der Waals surface area contributed by atoms with Crippen molar-refractivity contribution in [1.82, 2.24) is 15.1 Å². The molecule has 0 radical (unpaired) electrons. The normalized spacial score (nSPS) is 17.0. The van der Waals surface area contributed by atoms with Crippen molar-refractivity contribution < 1.29 is 13.6 Å². The third-order valence-electron chi connectivity index (χ3n) is 4.75. The van der Waals surface area contributed by atoms with Crippen LogP contribution >= 0.6 is 27.5 Å². The standard InChI is InChI=1S/C20H16BrClFN3O2/c21-14-5-8-17(22)16(10-14)20(27)26-9-1-2-13(11-26)19-25-24-18(28-19)12-3-6-15(23)7-4-12/h3-8,10,13H,1-2,9,11H2. The molecule has 1 aliphatic heterocycles. The van der Waals surface area contributed by atoms with Gasteiger partial charge in [0.25, 0.3) is 5.91 Å². The summed E-state index contributed by atoms with van der Waals surface area (Å²) in [5, 5.41) is 8.65. The van der Waals surface area contributed by atoms with Gasteiger partial charge in [0, 0.05) is 23.1 Å². The Labute approximate surface area is 174 Å². The lowest BCUT2D eigenvalue weighted by atomic mass is 9.97. The maximum Gasteiger partial charge on any atom is 0.255 e. The first-order valence-corrected chi connectivity index (χ1v) is 10.0. The molecule has 1 fully saturated rings. The minimum Gasteiger partial charge on any atom is -0.420 e. The van der Waals surface area contributed by atoms with Gasteiger partial charge in [-0.05, 0) is 55.3 Å². The van der Waals surface area contributed by atoms with Crippen LogP contribution in [0.25, 0.3) is 11.5 Å². The number of carbonyl (C=O) groups is 1. The van der Waals surface area contributed by atoms with Crippen LogP contribution in [-0.4, -0.2) is 34.1 Å². The fourth-order valence-corrected chi connectivity index (χ4v) is 3.86. The molecule has 1 unspecified atom stereocenters. The predicted molar refractivity (Wildman–Crippen MR) is 107 cm³/mol. The summed E-state index contributed by atoms with van der Waals surface area (Å²) >= 11 is 9.59. The Morgan fingerprint density at radius 1 is 1.21 bits per heavy atom. The molecule has 1 atom stereocenters. The molecule has 1 saturated heterocycles. The molecule has 144 valence electrons. The Morgan fingerprint density at radius 2 is 2.00 bits per heavy atom. The van der Waals surface area contributed by atoms with Crippen molar-refractivity contribution in [2.75, 3.05) is 13.1 Å². The van der Waals surface area contributed by atoms with Crippen LogP contribution in [0, 0.1) is 5.82 Å². The number of piperidine rings is 1. The van der Waals surface area contributed by atoms with Crippen LogP contribution in [0.15, 0.2) is 51.4 Å². The summed E-state index contributed by atoms with van der Waals surface area (Å²) in [5.74, 6) is 0.335. The fraction of sp³-hybridized carbons (Fsp3) is 0.250. The van der Waals surface area contributed by atoms with Gasteiger partial charge in [-0.25, -0.2) is 4.39 Å². The number of hydrogen-bond donors (Lipinski definition) is 0. The Balaban J connectivity index is 1.52. The van der Waals surface area contributed by atoms with E-state index in [1.807, 2.05) is 0 Å². The molecule has 0 aliphatic carbocycles. The first-order chi connectivity index (χ1) is 13.5. The third kappa shape index (κ3) is 3.95. The number of carbonyl (C=O) groups excluding carboxylic acids is 1. The first-order valence-electron chi connectivity index (χ1n) is 8.85. The van der Waals surface area contributed by atoms with Crippen molar-refractivity contribution in [3.8, 4) is 11.5 Å². The zero-order chi connectivity index (χ0) is 19.7. The van der Waals surface area contributed by atoms with Crippen molar-refractivity contribution in [2.24, 2.45) is 0 Å². The van der Waals surface area contributed by atoms with Crippen molar-refractivity contribution in [3.63, 3.8) is 0 Å². The summed E-state index contributed by atoms with van der Waals surface area (Å²) in [7, 11) is 0. The Bertz CT molecular complexity index is 1010. The van der Waals surface area contributed by atoms with Gasteiger partial charge in [0.05, 0.1) is 16.5 Å². The van der Waals surface area contributed by atoms with E-state index in [1.165, 1.54) is 12.1 Å². The zero-order valence-corrected chi connectivity index (χ0v) is 17.1. The van der Waals surface area contributed by atoms with Crippen molar-refractivity contribution in [3.05, 3.63) is 69.2 Å². The fourth-order valence-electron chi connectivity index (χ4n) is 3.30. The lowest BCUT2D eigenvalue weighted by Crippen LogP contribution is -2.39. The smallest absolute Gasteiger partial charge is 0.255 e. The highest BCUT2D eigenvalue weighted by Crippen LogP contribution is 2.30. The second kappa shape index (κ2) is 8.01. The van der Waals surface area contributed by atoms with E-state index in [4.69, 9.17) is 16.0 Å². The summed E-state index contributed by atoms with van der Waals surface area (Å²) in [4.78, 5) is 14.7. The van der Waals surface area contributed by atoms with Gasteiger partial charge in [-0.15, -0.1) is 10.2 Å². The molecule has 4 rings (SSSR count).